The van der Waals surface area contributed by atoms with Crippen LogP contribution in [0.25, 0.3) is 11.1 Å². The van der Waals surface area contributed by atoms with E-state index in [1.807, 2.05) is 12.1 Å². The second-order valence-electron chi connectivity index (χ2n) is 6.47. The first kappa shape index (κ1) is 20.7. The van der Waals surface area contributed by atoms with E-state index in [1.54, 1.807) is 0 Å². The largest absolute Gasteiger partial charge is 0.492 e. The lowest BCUT2D eigenvalue weighted by molar-refractivity contribution is 0.111. The Hall–Kier alpha value is -1.59. The minimum atomic E-state index is 0. The van der Waals surface area contributed by atoms with Gasteiger partial charge in [-0.15, -0.1) is 12.4 Å². The van der Waals surface area contributed by atoms with E-state index in [0.29, 0.717) is 6.61 Å². The molecule has 2 aromatic rings. The van der Waals surface area contributed by atoms with Gasteiger partial charge in [0.05, 0.1) is 0 Å². The summed E-state index contributed by atoms with van der Waals surface area (Å²) in [6.45, 7) is 7.28. The Morgan fingerprint density at radius 2 is 1.42 bits per heavy atom. The molecule has 1 saturated heterocycles. The highest BCUT2D eigenvalue weighted by atomic mass is 35.5. The zero-order valence-electron chi connectivity index (χ0n) is 15.2. The Labute approximate surface area is 162 Å². The molecule has 2 aromatic carbocycles. The lowest BCUT2D eigenvalue weighted by atomic mass is 10.1. The zero-order valence-corrected chi connectivity index (χ0v) is 16.0. The minimum Gasteiger partial charge on any atom is -0.492 e. The number of ether oxygens (including phenoxy) is 1. The van der Waals surface area contributed by atoms with Crippen LogP contribution in [0, 0.1) is 0 Å². The van der Waals surface area contributed by atoms with E-state index in [4.69, 9.17) is 9.84 Å². The van der Waals surface area contributed by atoms with Gasteiger partial charge >= 0.3 is 0 Å². The summed E-state index contributed by atoms with van der Waals surface area (Å²) in [5.41, 5.74) is 2.34. The van der Waals surface area contributed by atoms with E-state index >= 15 is 0 Å². The highest BCUT2D eigenvalue weighted by Crippen LogP contribution is 2.29. The third-order valence-electron chi connectivity index (χ3n) is 4.73. The summed E-state index contributed by atoms with van der Waals surface area (Å²) in [6, 6.07) is 18.6. The number of aliphatic hydroxyl groups is 1. The fourth-order valence-electron chi connectivity index (χ4n) is 3.26. The number of nitrogens with zero attached hydrogens (tertiary/aromatic N) is 2. The van der Waals surface area contributed by atoms with E-state index < -0.39 is 0 Å². The van der Waals surface area contributed by atoms with E-state index in [0.717, 1.165) is 57.0 Å². The molecule has 0 unspecified atom stereocenters. The number of para-hydroxylation sites is 1. The first-order valence-corrected chi connectivity index (χ1v) is 9.19. The van der Waals surface area contributed by atoms with Crippen LogP contribution in [-0.4, -0.2) is 67.4 Å². The molecular formula is C21H29ClN2O2. The van der Waals surface area contributed by atoms with E-state index in [9.17, 15) is 0 Å². The van der Waals surface area contributed by atoms with Gasteiger partial charge in [-0.2, -0.15) is 0 Å². The summed E-state index contributed by atoms with van der Waals surface area (Å²) in [6.07, 6.45) is 0.874. The normalized spacial score (nSPS) is 15.4. The van der Waals surface area contributed by atoms with Crippen molar-refractivity contribution in [2.75, 3.05) is 52.5 Å². The van der Waals surface area contributed by atoms with Crippen LogP contribution < -0.4 is 4.74 Å². The number of benzene rings is 2. The predicted octanol–water partition coefficient (Wildman–Crippen LogP) is 3.15. The summed E-state index contributed by atoms with van der Waals surface area (Å²) in [5, 5.41) is 8.92. The van der Waals surface area contributed by atoms with Crippen molar-refractivity contribution in [3.05, 3.63) is 54.6 Å². The lowest BCUT2D eigenvalue weighted by Crippen LogP contribution is -2.47. The molecule has 26 heavy (non-hydrogen) atoms. The van der Waals surface area contributed by atoms with Crippen molar-refractivity contribution in [2.24, 2.45) is 0 Å². The van der Waals surface area contributed by atoms with Crippen LogP contribution in [0.4, 0.5) is 0 Å². The molecule has 1 N–H and O–H groups in total. The monoisotopic (exact) mass is 376 g/mol. The highest BCUT2D eigenvalue weighted by Gasteiger charge is 2.16. The highest BCUT2D eigenvalue weighted by molar-refractivity contribution is 5.85. The molecule has 1 heterocycles. The van der Waals surface area contributed by atoms with Gasteiger partial charge in [0, 0.05) is 51.4 Å². The molecule has 0 saturated carbocycles. The van der Waals surface area contributed by atoms with Gasteiger partial charge in [-0.3, -0.25) is 4.90 Å². The van der Waals surface area contributed by atoms with Crippen molar-refractivity contribution >= 4 is 12.4 Å². The van der Waals surface area contributed by atoms with E-state index in [1.165, 1.54) is 5.56 Å². The number of hydrogen-bond donors (Lipinski definition) is 1. The third-order valence-corrected chi connectivity index (χ3v) is 4.73. The molecule has 0 atom stereocenters. The molecule has 5 heteroatoms. The predicted molar refractivity (Wildman–Crippen MR) is 109 cm³/mol. The Morgan fingerprint density at radius 1 is 0.808 bits per heavy atom. The van der Waals surface area contributed by atoms with Gasteiger partial charge in [-0.1, -0.05) is 48.5 Å². The molecule has 0 radical (unpaired) electrons. The number of piperazine rings is 1. The van der Waals surface area contributed by atoms with Gasteiger partial charge in [0.1, 0.15) is 12.4 Å². The van der Waals surface area contributed by atoms with Crippen molar-refractivity contribution in [1.82, 2.24) is 9.80 Å². The van der Waals surface area contributed by atoms with Crippen molar-refractivity contribution in [3.8, 4) is 16.9 Å². The third kappa shape index (κ3) is 5.99. The topological polar surface area (TPSA) is 35.9 Å². The van der Waals surface area contributed by atoms with Gasteiger partial charge in [0.2, 0.25) is 0 Å². The molecule has 0 amide bonds. The smallest absolute Gasteiger partial charge is 0.127 e. The molecule has 3 rings (SSSR count). The molecule has 142 valence electrons. The second kappa shape index (κ2) is 11.2. The molecule has 4 nitrogen and oxygen atoms in total. The molecule has 0 aliphatic carbocycles. The first-order valence-electron chi connectivity index (χ1n) is 9.19. The quantitative estimate of drug-likeness (QED) is 0.767. The van der Waals surface area contributed by atoms with Gasteiger partial charge in [-0.25, -0.2) is 0 Å². The minimum absolute atomic E-state index is 0. The SMILES string of the molecule is Cl.OCCCN1CCN(CCOc2ccccc2-c2ccccc2)CC1. The molecule has 1 aliphatic rings. The van der Waals surface area contributed by atoms with Crippen molar-refractivity contribution in [1.29, 1.82) is 0 Å². The van der Waals surface area contributed by atoms with E-state index in [-0.39, 0.29) is 19.0 Å². The number of rotatable bonds is 8. The maximum Gasteiger partial charge on any atom is 0.127 e. The second-order valence-corrected chi connectivity index (χ2v) is 6.47. The standard InChI is InChI=1S/C21H28N2O2.ClH/c24-17-6-11-22-12-14-23(15-13-22)16-18-25-21-10-5-4-9-20(21)19-7-2-1-3-8-19;/h1-5,7-10,24H,6,11-18H2;1H. The molecule has 1 fully saturated rings. The number of hydrogen-bond acceptors (Lipinski definition) is 4. The zero-order chi connectivity index (χ0) is 17.3. The van der Waals surface area contributed by atoms with Crippen LogP contribution in [-0.2, 0) is 0 Å². The number of aliphatic hydroxyl groups excluding tert-OH is 1. The summed E-state index contributed by atoms with van der Waals surface area (Å²) < 4.78 is 6.10. The van der Waals surface area contributed by atoms with Gasteiger partial charge in [0.25, 0.3) is 0 Å². The fourth-order valence-corrected chi connectivity index (χ4v) is 3.26. The Kier molecular flexibility index (Phi) is 8.92. The Bertz CT molecular complexity index is 631. The Morgan fingerprint density at radius 3 is 2.12 bits per heavy atom. The van der Waals surface area contributed by atoms with Crippen molar-refractivity contribution < 1.29 is 9.84 Å². The van der Waals surface area contributed by atoms with Gasteiger partial charge in [-0.05, 0) is 18.1 Å². The first-order chi connectivity index (χ1) is 12.4. The van der Waals surface area contributed by atoms with Crippen LogP contribution >= 0.6 is 12.4 Å². The van der Waals surface area contributed by atoms with Crippen LogP contribution in [0.3, 0.4) is 0 Å². The maximum atomic E-state index is 8.92. The molecule has 0 spiro atoms. The van der Waals surface area contributed by atoms with Crippen molar-refractivity contribution in [2.45, 2.75) is 6.42 Å². The van der Waals surface area contributed by atoms with E-state index in [2.05, 4.69) is 52.3 Å². The number of halogens is 1. The van der Waals surface area contributed by atoms with Crippen molar-refractivity contribution in [3.63, 3.8) is 0 Å². The lowest BCUT2D eigenvalue weighted by Gasteiger charge is -2.34. The summed E-state index contributed by atoms with van der Waals surface area (Å²) in [5.74, 6) is 0.954. The summed E-state index contributed by atoms with van der Waals surface area (Å²) >= 11 is 0. The Balaban J connectivity index is 0.00000243. The molecular weight excluding hydrogens is 348 g/mol. The van der Waals surface area contributed by atoms with Gasteiger partial charge in [0.15, 0.2) is 0 Å². The summed E-state index contributed by atoms with van der Waals surface area (Å²) in [7, 11) is 0. The van der Waals surface area contributed by atoms with Gasteiger partial charge < -0.3 is 14.7 Å². The molecule has 0 bridgehead atoms. The van der Waals surface area contributed by atoms with Crippen LogP contribution in [0.2, 0.25) is 0 Å². The molecule has 0 aromatic heterocycles. The van der Waals surface area contributed by atoms with Crippen LogP contribution in [0.1, 0.15) is 6.42 Å². The molecule has 1 aliphatic heterocycles. The average molecular weight is 377 g/mol. The fraction of sp³-hybridized carbons (Fsp3) is 0.429. The van der Waals surface area contributed by atoms with Crippen LogP contribution in [0.5, 0.6) is 5.75 Å². The average Bonchev–Trinajstić information content (AvgIpc) is 2.68. The van der Waals surface area contributed by atoms with Crippen LogP contribution in [0.15, 0.2) is 54.6 Å². The summed E-state index contributed by atoms with van der Waals surface area (Å²) in [4.78, 5) is 4.89. The maximum absolute atomic E-state index is 8.92.